The number of nitrogens with zero attached hydrogens (tertiary/aromatic N) is 1. The van der Waals surface area contributed by atoms with Gasteiger partial charge in [-0.2, -0.15) is 0 Å². The van der Waals surface area contributed by atoms with E-state index < -0.39 is 0 Å². The molecule has 0 aromatic carbocycles. The average Bonchev–Trinajstić information content (AvgIpc) is 2.24. The van der Waals surface area contributed by atoms with E-state index in [1.807, 2.05) is 0 Å². The van der Waals surface area contributed by atoms with E-state index in [1.165, 1.54) is 0 Å². The molecule has 1 aliphatic rings. The summed E-state index contributed by atoms with van der Waals surface area (Å²) in [6, 6.07) is 0. The van der Waals surface area contributed by atoms with Crippen LogP contribution in [-0.2, 0) is 4.74 Å². The molecule has 0 saturated carbocycles. The van der Waals surface area contributed by atoms with E-state index in [0.29, 0.717) is 6.54 Å². The van der Waals surface area contributed by atoms with Gasteiger partial charge in [-0.25, -0.2) is 4.39 Å². The zero-order chi connectivity index (χ0) is 12.7. The highest BCUT2D eigenvalue weighted by Gasteiger charge is 2.19. The minimum absolute atomic E-state index is 0.188. The third-order valence-electron chi connectivity index (χ3n) is 2.98. The number of alkyl halides is 1. The van der Waals surface area contributed by atoms with Crippen molar-refractivity contribution in [3.8, 4) is 0 Å². The summed E-state index contributed by atoms with van der Waals surface area (Å²) in [4.78, 5) is 2.16. The minimum atomic E-state index is -0.252. The Morgan fingerprint density at radius 1 is 1.41 bits per heavy atom. The maximum absolute atomic E-state index is 12.3. The SMILES string of the molecule is CC(C)(C)NCCC[C@@H]1CN(CCF)CCO1. The molecule has 3 nitrogen and oxygen atoms in total. The number of nitrogens with one attached hydrogen (secondary N) is 1. The predicted octanol–water partition coefficient (Wildman–Crippen LogP) is 1.82. The van der Waals surface area contributed by atoms with Crippen LogP contribution in [0.1, 0.15) is 33.6 Å². The van der Waals surface area contributed by atoms with Gasteiger partial charge in [-0.15, -0.1) is 0 Å². The molecule has 0 radical (unpaired) electrons. The van der Waals surface area contributed by atoms with Crippen LogP contribution in [0.3, 0.4) is 0 Å². The monoisotopic (exact) mass is 246 g/mol. The minimum Gasteiger partial charge on any atom is -0.376 e. The van der Waals surface area contributed by atoms with E-state index in [9.17, 15) is 4.39 Å². The van der Waals surface area contributed by atoms with Crippen molar-refractivity contribution in [1.82, 2.24) is 10.2 Å². The second kappa shape index (κ2) is 7.29. The van der Waals surface area contributed by atoms with E-state index >= 15 is 0 Å². The average molecular weight is 246 g/mol. The Labute approximate surface area is 105 Å². The lowest BCUT2D eigenvalue weighted by molar-refractivity contribution is -0.0339. The van der Waals surface area contributed by atoms with Crippen molar-refractivity contribution in [3.63, 3.8) is 0 Å². The van der Waals surface area contributed by atoms with Gasteiger partial charge in [0.25, 0.3) is 0 Å². The number of ether oxygens (including phenoxy) is 1. The summed E-state index contributed by atoms with van der Waals surface area (Å²) in [6.07, 6.45) is 2.47. The number of halogens is 1. The molecule has 0 amide bonds. The van der Waals surface area contributed by atoms with Crippen LogP contribution in [0.4, 0.5) is 4.39 Å². The lowest BCUT2D eigenvalue weighted by Crippen LogP contribution is -2.43. The molecular weight excluding hydrogens is 219 g/mol. The Hall–Kier alpha value is -0.190. The van der Waals surface area contributed by atoms with Crippen LogP contribution in [0.15, 0.2) is 0 Å². The Morgan fingerprint density at radius 3 is 2.82 bits per heavy atom. The Kier molecular flexibility index (Phi) is 6.38. The Balaban J connectivity index is 2.10. The first-order valence-electron chi connectivity index (χ1n) is 6.66. The van der Waals surface area contributed by atoms with Gasteiger partial charge >= 0.3 is 0 Å². The molecule has 1 atom stereocenters. The third-order valence-corrected chi connectivity index (χ3v) is 2.98. The molecule has 1 heterocycles. The first-order chi connectivity index (χ1) is 8.01. The normalized spacial score (nSPS) is 22.9. The molecule has 0 spiro atoms. The van der Waals surface area contributed by atoms with Gasteiger partial charge < -0.3 is 10.1 Å². The lowest BCUT2D eigenvalue weighted by Gasteiger charge is -2.32. The maximum atomic E-state index is 12.3. The van der Waals surface area contributed by atoms with Crippen molar-refractivity contribution >= 4 is 0 Å². The van der Waals surface area contributed by atoms with E-state index in [1.54, 1.807) is 0 Å². The van der Waals surface area contributed by atoms with Crippen molar-refractivity contribution in [2.24, 2.45) is 0 Å². The molecular formula is C13H27FN2O. The molecule has 1 N–H and O–H groups in total. The Morgan fingerprint density at radius 2 is 2.18 bits per heavy atom. The molecule has 0 unspecified atom stereocenters. The van der Waals surface area contributed by atoms with E-state index in [0.717, 1.165) is 39.1 Å². The largest absolute Gasteiger partial charge is 0.376 e. The highest BCUT2D eigenvalue weighted by Crippen LogP contribution is 2.10. The summed E-state index contributed by atoms with van der Waals surface area (Å²) in [5.41, 5.74) is 0.188. The van der Waals surface area contributed by atoms with Crippen molar-refractivity contribution in [1.29, 1.82) is 0 Å². The molecule has 1 fully saturated rings. The highest BCUT2D eigenvalue weighted by molar-refractivity contribution is 4.74. The summed E-state index contributed by atoms with van der Waals surface area (Å²) in [5, 5.41) is 3.47. The summed E-state index contributed by atoms with van der Waals surface area (Å²) >= 11 is 0. The lowest BCUT2D eigenvalue weighted by atomic mass is 10.1. The van der Waals surface area contributed by atoms with Crippen LogP contribution in [-0.4, -0.2) is 56.0 Å². The van der Waals surface area contributed by atoms with Crippen molar-refractivity contribution in [2.45, 2.75) is 45.3 Å². The standard InChI is InChI=1S/C13H27FN2O/c1-13(2,3)15-7-4-5-12-11-16(8-6-14)9-10-17-12/h12,15H,4-11H2,1-3H3/t12-/m1/s1. The second-order valence-electron chi connectivity index (χ2n) is 5.80. The molecule has 4 heteroatoms. The maximum Gasteiger partial charge on any atom is 0.102 e. The Bertz CT molecular complexity index is 204. The van der Waals surface area contributed by atoms with Crippen LogP contribution >= 0.6 is 0 Å². The van der Waals surface area contributed by atoms with Crippen LogP contribution in [0.2, 0.25) is 0 Å². The van der Waals surface area contributed by atoms with Gasteiger partial charge in [-0.1, -0.05) is 0 Å². The van der Waals surface area contributed by atoms with Gasteiger partial charge in [-0.05, 0) is 40.2 Å². The van der Waals surface area contributed by atoms with E-state index in [-0.39, 0.29) is 18.3 Å². The zero-order valence-electron chi connectivity index (χ0n) is 11.5. The molecule has 0 bridgehead atoms. The third kappa shape index (κ3) is 6.96. The van der Waals surface area contributed by atoms with Gasteiger partial charge in [0.15, 0.2) is 0 Å². The van der Waals surface area contributed by atoms with Gasteiger partial charge in [0.05, 0.1) is 12.7 Å². The van der Waals surface area contributed by atoms with Crippen LogP contribution < -0.4 is 5.32 Å². The van der Waals surface area contributed by atoms with Gasteiger partial charge in [0.2, 0.25) is 0 Å². The fourth-order valence-electron chi connectivity index (χ4n) is 2.07. The fourth-order valence-corrected chi connectivity index (χ4v) is 2.07. The van der Waals surface area contributed by atoms with Gasteiger partial charge in [0, 0.05) is 25.2 Å². The summed E-state index contributed by atoms with van der Waals surface area (Å²) in [6.45, 7) is 10.4. The topological polar surface area (TPSA) is 24.5 Å². The molecule has 1 aliphatic heterocycles. The predicted molar refractivity (Wildman–Crippen MR) is 69.1 cm³/mol. The fraction of sp³-hybridized carbons (Fsp3) is 1.00. The zero-order valence-corrected chi connectivity index (χ0v) is 11.5. The van der Waals surface area contributed by atoms with Crippen molar-refractivity contribution in [3.05, 3.63) is 0 Å². The molecule has 102 valence electrons. The van der Waals surface area contributed by atoms with Crippen molar-refractivity contribution in [2.75, 3.05) is 39.5 Å². The molecule has 0 aliphatic carbocycles. The van der Waals surface area contributed by atoms with Crippen LogP contribution in [0.5, 0.6) is 0 Å². The van der Waals surface area contributed by atoms with E-state index in [2.05, 4.69) is 31.0 Å². The molecule has 0 aromatic heterocycles. The number of hydrogen-bond donors (Lipinski definition) is 1. The quantitative estimate of drug-likeness (QED) is 0.724. The molecule has 1 rings (SSSR count). The van der Waals surface area contributed by atoms with Crippen molar-refractivity contribution < 1.29 is 9.13 Å². The van der Waals surface area contributed by atoms with Crippen LogP contribution in [0, 0.1) is 0 Å². The van der Waals surface area contributed by atoms with Gasteiger partial charge in [-0.3, -0.25) is 4.90 Å². The number of rotatable bonds is 6. The summed E-state index contributed by atoms with van der Waals surface area (Å²) in [7, 11) is 0. The second-order valence-corrected chi connectivity index (χ2v) is 5.80. The summed E-state index contributed by atoms with van der Waals surface area (Å²) in [5.74, 6) is 0. The first-order valence-corrected chi connectivity index (χ1v) is 6.66. The molecule has 1 saturated heterocycles. The number of hydrogen-bond acceptors (Lipinski definition) is 3. The number of morpholine rings is 1. The van der Waals surface area contributed by atoms with Crippen LogP contribution in [0.25, 0.3) is 0 Å². The van der Waals surface area contributed by atoms with Gasteiger partial charge in [0.1, 0.15) is 6.67 Å². The summed E-state index contributed by atoms with van der Waals surface area (Å²) < 4.78 is 17.9. The first kappa shape index (κ1) is 14.9. The smallest absolute Gasteiger partial charge is 0.102 e. The molecule has 0 aromatic rings. The molecule has 17 heavy (non-hydrogen) atoms. The highest BCUT2D eigenvalue weighted by atomic mass is 19.1. The van der Waals surface area contributed by atoms with E-state index in [4.69, 9.17) is 4.74 Å².